The number of rotatable bonds is 3. The van der Waals surface area contributed by atoms with Crippen LogP contribution in [0.25, 0.3) is 11.1 Å². The smallest absolute Gasteiger partial charge is 0.123 e. The first-order chi connectivity index (χ1) is 10.8. The van der Waals surface area contributed by atoms with E-state index in [2.05, 4.69) is 5.32 Å². The molecule has 0 saturated carbocycles. The van der Waals surface area contributed by atoms with Gasteiger partial charge in [0, 0.05) is 12.1 Å². The van der Waals surface area contributed by atoms with Crippen LogP contribution < -0.4 is 10.1 Å². The standard InChI is InChI=1S/C19H20FNO/c20-15-5-1-3-13(9-15)14-4-2-6-18(10-14)22-19-11-16-7-8-17(12-19)21-16/h1-6,9-10,16-17,19,21H,7-8,11-12H2. The van der Waals surface area contributed by atoms with E-state index in [0.717, 1.165) is 29.7 Å². The number of hydrogen-bond acceptors (Lipinski definition) is 2. The van der Waals surface area contributed by atoms with Crippen molar-refractivity contribution in [3.8, 4) is 16.9 Å². The summed E-state index contributed by atoms with van der Waals surface area (Å²) < 4.78 is 19.6. The Balaban J connectivity index is 1.52. The lowest BCUT2D eigenvalue weighted by molar-refractivity contribution is 0.137. The highest BCUT2D eigenvalue weighted by Crippen LogP contribution is 2.31. The van der Waals surface area contributed by atoms with Crippen LogP contribution in [-0.2, 0) is 0 Å². The summed E-state index contributed by atoms with van der Waals surface area (Å²) in [5, 5.41) is 3.63. The van der Waals surface area contributed by atoms with E-state index in [-0.39, 0.29) is 5.82 Å². The molecular formula is C19H20FNO. The number of nitrogens with one attached hydrogen (secondary N) is 1. The van der Waals surface area contributed by atoms with Gasteiger partial charge in [0.15, 0.2) is 0 Å². The summed E-state index contributed by atoms with van der Waals surface area (Å²) in [4.78, 5) is 0. The second kappa shape index (κ2) is 5.73. The number of benzene rings is 2. The third kappa shape index (κ3) is 2.86. The second-order valence-electron chi connectivity index (χ2n) is 6.39. The molecule has 2 aliphatic heterocycles. The lowest BCUT2D eigenvalue weighted by Crippen LogP contribution is -2.42. The van der Waals surface area contributed by atoms with Gasteiger partial charge in [-0.1, -0.05) is 24.3 Å². The Hall–Kier alpha value is -1.87. The Kier molecular flexibility index (Phi) is 3.59. The molecule has 2 aromatic rings. The van der Waals surface area contributed by atoms with Crippen molar-refractivity contribution in [2.45, 2.75) is 43.9 Å². The van der Waals surface area contributed by atoms with Crippen LogP contribution in [0.3, 0.4) is 0 Å². The monoisotopic (exact) mass is 297 g/mol. The van der Waals surface area contributed by atoms with Crippen LogP contribution in [0.4, 0.5) is 4.39 Å². The summed E-state index contributed by atoms with van der Waals surface area (Å²) in [7, 11) is 0. The van der Waals surface area contributed by atoms with Crippen molar-refractivity contribution >= 4 is 0 Å². The van der Waals surface area contributed by atoms with E-state index in [9.17, 15) is 4.39 Å². The van der Waals surface area contributed by atoms with Crippen molar-refractivity contribution < 1.29 is 9.13 Å². The van der Waals surface area contributed by atoms with Crippen molar-refractivity contribution in [1.29, 1.82) is 0 Å². The van der Waals surface area contributed by atoms with Crippen LogP contribution in [0.2, 0.25) is 0 Å². The molecular weight excluding hydrogens is 277 g/mol. The van der Waals surface area contributed by atoms with Gasteiger partial charge in [0.1, 0.15) is 17.7 Å². The molecule has 0 aromatic heterocycles. The van der Waals surface area contributed by atoms with Gasteiger partial charge in [-0.2, -0.15) is 0 Å². The summed E-state index contributed by atoms with van der Waals surface area (Å²) >= 11 is 0. The van der Waals surface area contributed by atoms with Crippen LogP contribution in [0.5, 0.6) is 5.75 Å². The van der Waals surface area contributed by atoms with Gasteiger partial charge in [-0.25, -0.2) is 4.39 Å². The Morgan fingerprint density at radius 1 is 0.909 bits per heavy atom. The third-order valence-corrected chi connectivity index (χ3v) is 4.72. The predicted octanol–water partition coefficient (Wildman–Crippen LogP) is 4.15. The van der Waals surface area contributed by atoms with Crippen LogP contribution in [0.15, 0.2) is 48.5 Å². The number of ether oxygens (including phenoxy) is 1. The van der Waals surface area contributed by atoms with E-state index < -0.39 is 0 Å². The molecule has 0 radical (unpaired) electrons. The molecule has 2 heterocycles. The van der Waals surface area contributed by atoms with Gasteiger partial charge >= 0.3 is 0 Å². The van der Waals surface area contributed by atoms with E-state index >= 15 is 0 Å². The van der Waals surface area contributed by atoms with Gasteiger partial charge < -0.3 is 10.1 Å². The van der Waals surface area contributed by atoms with E-state index in [1.54, 1.807) is 12.1 Å². The first-order valence-electron chi connectivity index (χ1n) is 8.05. The van der Waals surface area contributed by atoms with Crippen LogP contribution in [-0.4, -0.2) is 18.2 Å². The normalized spacial score (nSPS) is 26.9. The molecule has 0 amide bonds. The molecule has 2 aromatic carbocycles. The molecule has 114 valence electrons. The maximum absolute atomic E-state index is 13.4. The van der Waals surface area contributed by atoms with E-state index in [1.165, 1.54) is 18.9 Å². The van der Waals surface area contributed by atoms with Crippen LogP contribution in [0.1, 0.15) is 25.7 Å². The third-order valence-electron chi connectivity index (χ3n) is 4.72. The summed E-state index contributed by atoms with van der Waals surface area (Å²) in [6.07, 6.45) is 5.00. The van der Waals surface area contributed by atoms with Gasteiger partial charge in [0.05, 0.1) is 0 Å². The topological polar surface area (TPSA) is 21.3 Å². The van der Waals surface area contributed by atoms with Crippen LogP contribution in [0, 0.1) is 5.82 Å². The van der Waals surface area contributed by atoms with Crippen molar-refractivity contribution in [3.05, 3.63) is 54.3 Å². The molecule has 0 spiro atoms. The second-order valence-corrected chi connectivity index (χ2v) is 6.39. The minimum absolute atomic E-state index is 0.209. The Labute approximate surface area is 130 Å². The van der Waals surface area contributed by atoms with E-state index in [4.69, 9.17) is 4.74 Å². The highest BCUT2D eigenvalue weighted by atomic mass is 19.1. The lowest BCUT2D eigenvalue weighted by Gasteiger charge is -2.29. The van der Waals surface area contributed by atoms with Crippen molar-refractivity contribution in [1.82, 2.24) is 5.32 Å². The number of hydrogen-bond donors (Lipinski definition) is 1. The molecule has 2 aliphatic rings. The lowest BCUT2D eigenvalue weighted by atomic mass is 10.0. The van der Waals surface area contributed by atoms with Gasteiger partial charge in [-0.15, -0.1) is 0 Å². The maximum Gasteiger partial charge on any atom is 0.123 e. The number of halogens is 1. The summed E-state index contributed by atoms with van der Waals surface area (Å²) in [5.74, 6) is 0.673. The fourth-order valence-electron chi connectivity index (χ4n) is 3.71. The summed E-state index contributed by atoms with van der Waals surface area (Å²) in [6, 6.07) is 15.9. The SMILES string of the molecule is Fc1cccc(-c2cccc(OC3CC4CCC(C3)N4)c2)c1. The summed E-state index contributed by atoms with van der Waals surface area (Å²) in [5.41, 5.74) is 1.88. The number of piperidine rings is 1. The fourth-order valence-corrected chi connectivity index (χ4v) is 3.71. The fraction of sp³-hybridized carbons (Fsp3) is 0.368. The van der Waals surface area contributed by atoms with Gasteiger partial charge in [-0.05, 0) is 61.1 Å². The van der Waals surface area contributed by atoms with Gasteiger partial charge in [0.25, 0.3) is 0 Å². The number of fused-ring (bicyclic) bond motifs is 2. The Morgan fingerprint density at radius 3 is 2.32 bits per heavy atom. The minimum Gasteiger partial charge on any atom is -0.490 e. The zero-order valence-corrected chi connectivity index (χ0v) is 12.5. The van der Waals surface area contributed by atoms with Crippen molar-refractivity contribution in [3.63, 3.8) is 0 Å². The van der Waals surface area contributed by atoms with Crippen LogP contribution >= 0.6 is 0 Å². The molecule has 2 unspecified atom stereocenters. The molecule has 2 bridgehead atoms. The first kappa shape index (κ1) is 13.8. The Bertz CT molecular complexity index is 660. The Morgan fingerprint density at radius 2 is 1.59 bits per heavy atom. The molecule has 0 aliphatic carbocycles. The van der Waals surface area contributed by atoms with E-state index in [1.807, 2.05) is 30.3 Å². The molecule has 22 heavy (non-hydrogen) atoms. The molecule has 4 rings (SSSR count). The van der Waals surface area contributed by atoms with Gasteiger partial charge in [-0.3, -0.25) is 0 Å². The molecule has 2 saturated heterocycles. The summed E-state index contributed by atoms with van der Waals surface area (Å²) in [6.45, 7) is 0. The molecule has 1 N–H and O–H groups in total. The minimum atomic E-state index is -0.209. The predicted molar refractivity (Wildman–Crippen MR) is 85.4 cm³/mol. The highest BCUT2D eigenvalue weighted by Gasteiger charge is 2.34. The highest BCUT2D eigenvalue weighted by molar-refractivity contribution is 5.65. The zero-order valence-electron chi connectivity index (χ0n) is 12.5. The van der Waals surface area contributed by atoms with Crippen molar-refractivity contribution in [2.75, 3.05) is 0 Å². The maximum atomic E-state index is 13.4. The van der Waals surface area contributed by atoms with Crippen molar-refractivity contribution in [2.24, 2.45) is 0 Å². The molecule has 2 nitrogen and oxygen atoms in total. The average molecular weight is 297 g/mol. The zero-order chi connectivity index (χ0) is 14.9. The molecule has 3 heteroatoms. The molecule has 2 atom stereocenters. The van der Waals surface area contributed by atoms with Gasteiger partial charge in [0.2, 0.25) is 0 Å². The first-order valence-corrected chi connectivity index (χ1v) is 8.05. The largest absolute Gasteiger partial charge is 0.490 e. The quantitative estimate of drug-likeness (QED) is 0.918. The van der Waals surface area contributed by atoms with E-state index in [0.29, 0.717) is 18.2 Å². The molecule has 2 fully saturated rings. The average Bonchev–Trinajstić information content (AvgIpc) is 2.86.